The first-order chi connectivity index (χ1) is 16.2. The maximum atomic E-state index is 13.2. The number of benzene rings is 3. The number of carbonyl (C=O) groups excluding carboxylic acids is 1. The van der Waals surface area contributed by atoms with Gasteiger partial charge >= 0.3 is 0 Å². The molecule has 0 fully saturated rings. The number of halogens is 2. The van der Waals surface area contributed by atoms with Crippen molar-refractivity contribution in [3.8, 4) is 0 Å². The molecule has 4 rings (SSSR count). The zero-order chi connectivity index (χ0) is 24.3. The van der Waals surface area contributed by atoms with Gasteiger partial charge in [-0.3, -0.25) is 9.52 Å². The molecule has 4 aromatic rings. The van der Waals surface area contributed by atoms with E-state index in [4.69, 9.17) is 11.6 Å². The molecule has 10 heteroatoms. The van der Waals surface area contributed by atoms with Gasteiger partial charge in [-0.25, -0.2) is 17.5 Å². The standard InChI is InChI=1S/C24H20ClFN4O3S/c1-16-13-23(30(28-16)15-17-5-3-2-4-6-17)27-24(31)18-7-12-21(25)22(14-18)29-34(32,33)20-10-8-19(26)9-11-20/h2-14,29H,15H2,1H3,(H,27,31). The summed E-state index contributed by atoms with van der Waals surface area (Å²) in [6, 6.07) is 20.0. The number of hydrogen-bond donors (Lipinski definition) is 2. The van der Waals surface area contributed by atoms with E-state index < -0.39 is 21.7 Å². The maximum absolute atomic E-state index is 13.2. The lowest BCUT2D eigenvalue weighted by molar-refractivity contribution is 0.102. The molecule has 1 aromatic heterocycles. The van der Waals surface area contributed by atoms with E-state index in [9.17, 15) is 17.6 Å². The highest BCUT2D eigenvalue weighted by atomic mass is 35.5. The fourth-order valence-electron chi connectivity index (χ4n) is 3.27. The van der Waals surface area contributed by atoms with Crippen LogP contribution in [-0.4, -0.2) is 24.1 Å². The molecular weight excluding hydrogens is 479 g/mol. The van der Waals surface area contributed by atoms with Crippen molar-refractivity contribution in [2.75, 3.05) is 10.0 Å². The third-order valence-corrected chi connectivity index (χ3v) is 6.63. The monoisotopic (exact) mass is 498 g/mol. The summed E-state index contributed by atoms with van der Waals surface area (Å²) in [7, 11) is -4.04. The van der Waals surface area contributed by atoms with Crippen LogP contribution in [0.4, 0.5) is 15.9 Å². The third-order valence-electron chi connectivity index (χ3n) is 4.92. The van der Waals surface area contributed by atoms with Gasteiger partial charge in [0.2, 0.25) is 0 Å². The van der Waals surface area contributed by atoms with Crippen LogP contribution < -0.4 is 10.0 Å². The van der Waals surface area contributed by atoms with Crippen molar-refractivity contribution in [1.82, 2.24) is 9.78 Å². The minimum Gasteiger partial charge on any atom is -0.307 e. The highest BCUT2D eigenvalue weighted by Gasteiger charge is 2.18. The Balaban J connectivity index is 1.55. The van der Waals surface area contributed by atoms with E-state index in [1.54, 1.807) is 10.7 Å². The number of hydrogen-bond acceptors (Lipinski definition) is 4. The Morgan fingerprint density at radius 2 is 1.74 bits per heavy atom. The molecular formula is C24H20ClFN4O3S. The lowest BCUT2D eigenvalue weighted by atomic mass is 10.2. The summed E-state index contributed by atoms with van der Waals surface area (Å²) in [4.78, 5) is 12.8. The summed E-state index contributed by atoms with van der Waals surface area (Å²) in [5.41, 5.74) is 1.96. The van der Waals surface area contributed by atoms with Crippen molar-refractivity contribution >= 4 is 39.0 Å². The molecule has 0 spiro atoms. The quantitative estimate of drug-likeness (QED) is 0.371. The Morgan fingerprint density at radius 3 is 2.44 bits per heavy atom. The van der Waals surface area contributed by atoms with E-state index in [1.807, 2.05) is 37.3 Å². The zero-order valence-electron chi connectivity index (χ0n) is 18.0. The molecule has 7 nitrogen and oxygen atoms in total. The molecule has 0 saturated heterocycles. The van der Waals surface area contributed by atoms with Crippen molar-refractivity contribution in [3.63, 3.8) is 0 Å². The number of aryl methyl sites for hydroxylation is 1. The number of amides is 1. The van der Waals surface area contributed by atoms with Crippen LogP contribution in [0.25, 0.3) is 0 Å². The highest BCUT2D eigenvalue weighted by Crippen LogP contribution is 2.27. The van der Waals surface area contributed by atoms with Crippen LogP contribution in [0.1, 0.15) is 21.6 Å². The molecule has 34 heavy (non-hydrogen) atoms. The summed E-state index contributed by atoms with van der Waals surface area (Å²) >= 11 is 6.17. The largest absolute Gasteiger partial charge is 0.307 e. The molecule has 0 aliphatic carbocycles. The SMILES string of the molecule is Cc1cc(NC(=O)c2ccc(Cl)c(NS(=O)(=O)c3ccc(F)cc3)c2)n(Cc2ccccc2)n1. The third kappa shape index (κ3) is 5.44. The van der Waals surface area contributed by atoms with Gasteiger partial charge in [-0.15, -0.1) is 0 Å². The first-order valence-electron chi connectivity index (χ1n) is 10.2. The second-order valence-electron chi connectivity index (χ2n) is 7.52. The minimum absolute atomic E-state index is 0.0209. The second kappa shape index (κ2) is 9.66. The van der Waals surface area contributed by atoms with Crippen molar-refractivity contribution in [1.29, 1.82) is 0 Å². The van der Waals surface area contributed by atoms with Crippen LogP contribution >= 0.6 is 11.6 Å². The molecule has 3 aromatic carbocycles. The van der Waals surface area contributed by atoms with E-state index >= 15 is 0 Å². The van der Waals surface area contributed by atoms with Crippen molar-refractivity contribution in [3.05, 3.63) is 107 Å². The molecule has 2 N–H and O–H groups in total. The topological polar surface area (TPSA) is 93.1 Å². The van der Waals surface area contributed by atoms with Gasteiger partial charge < -0.3 is 5.32 Å². The van der Waals surface area contributed by atoms with E-state index in [0.717, 1.165) is 35.5 Å². The highest BCUT2D eigenvalue weighted by molar-refractivity contribution is 7.92. The lowest BCUT2D eigenvalue weighted by Gasteiger charge is -2.12. The summed E-state index contributed by atoms with van der Waals surface area (Å²) in [5, 5.41) is 7.35. The molecule has 0 bridgehead atoms. The van der Waals surface area contributed by atoms with Gasteiger partial charge in [0, 0.05) is 11.6 Å². The van der Waals surface area contributed by atoms with Crippen LogP contribution in [0.3, 0.4) is 0 Å². The van der Waals surface area contributed by atoms with E-state index in [1.165, 1.54) is 18.2 Å². The van der Waals surface area contributed by atoms with Crippen LogP contribution in [-0.2, 0) is 16.6 Å². The summed E-state index contributed by atoms with van der Waals surface area (Å²) in [6.07, 6.45) is 0. The summed E-state index contributed by atoms with van der Waals surface area (Å²) in [6.45, 7) is 2.29. The van der Waals surface area contributed by atoms with Gasteiger partial charge in [0.15, 0.2) is 0 Å². The molecule has 0 saturated carbocycles. The Hall–Kier alpha value is -3.69. The van der Waals surface area contributed by atoms with E-state index in [0.29, 0.717) is 12.4 Å². The van der Waals surface area contributed by atoms with Crippen LogP contribution in [0.5, 0.6) is 0 Å². The van der Waals surface area contributed by atoms with Gasteiger partial charge in [-0.05, 0) is 55.0 Å². The predicted molar refractivity (Wildman–Crippen MR) is 129 cm³/mol. The average molecular weight is 499 g/mol. The number of aromatic nitrogens is 2. The average Bonchev–Trinajstić information content (AvgIpc) is 3.14. The summed E-state index contributed by atoms with van der Waals surface area (Å²) in [5.74, 6) is -0.528. The Kier molecular flexibility index (Phi) is 6.67. The molecule has 1 amide bonds. The number of sulfonamides is 1. The van der Waals surface area contributed by atoms with Crippen LogP contribution in [0.2, 0.25) is 5.02 Å². The molecule has 0 radical (unpaired) electrons. The summed E-state index contributed by atoms with van der Waals surface area (Å²) < 4.78 is 42.5. The predicted octanol–water partition coefficient (Wildman–Crippen LogP) is 5.09. The normalized spacial score (nSPS) is 11.3. The number of rotatable bonds is 7. The first kappa shape index (κ1) is 23.5. The van der Waals surface area contributed by atoms with Crippen molar-refractivity contribution in [2.45, 2.75) is 18.4 Å². The number of carbonyl (C=O) groups is 1. The molecule has 0 aliphatic heterocycles. The maximum Gasteiger partial charge on any atom is 0.261 e. The Labute approximate surface area is 201 Å². The second-order valence-corrected chi connectivity index (χ2v) is 9.61. The lowest BCUT2D eigenvalue weighted by Crippen LogP contribution is -2.17. The van der Waals surface area contributed by atoms with Gasteiger partial charge in [-0.2, -0.15) is 5.10 Å². The number of anilines is 2. The molecule has 0 atom stereocenters. The van der Waals surface area contributed by atoms with Gasteiger partial charge in [-0.1, -0.05) is 41.9 Å². The van der Waals surface area contributed by atoms with E-state index in [2.05, 4.69) is 15.1 Å². The Morgan fingerprint density at radius 1 is 1.03 bits per heavy atom. The Bertz CT molecular complexity index is 1440. The zero-order valence-corrected chi connectivity index (χ0v) is 19.6. The van der Waals surface area contributed by atoms with Gasteiger partial charge in [0.25, 0.3) is 15.9 Å². The van der Waals surface area contributed by atoms with Crippen LogP contribution in [0.15, 0.2) is 83.8 Å². The van der Waals surface area contributed by atoms with Gasteiger partial charge in [0.05, 0.1) is 27.8 Å². The minimum atomic E-state index is -4.04. The van der Waals surface area contributed by atoms with Crippen molar-refractivity contribution in [2.24, 2.45) is 0 Å². The first-order valence-corrected chi connectivity index (χ1v) is 12.0. The number of nitrogens with one attached hydrogen (secondary N) is 2. The smallest absolute Gasteiger partial charge is 0.261 e. The fraction of sp³-hybridized carbons (Fsp3) is 0.0833. The molecule has 174 valence electrons. The van der Waals surface area contributed by atoms with E-state index in [-0.39, 0.29) is 21.2 Å². The molecule has 1 heterocycles. The fourth-order valence-corrected chi connectivity index (χ4v) is 4.57. The van der Waals surface area contributed by atoms with Gasteiger partial charge in [0.1, 0.15) is 11.6 Å². The number of nitrogens with zero attached hydrogens (tertiary/aromatic N) is 2. The molecule has 0 unspecified atom stereocenters. The van der Waals surface area contributed by atoms with Crippen LogP contribution in [0, 0.1) is 12.7 Å². The van der Waals surface area contributed by atoms with Crippen molar-refractivity contribution < 1.29 is 17.6 Å². The molecule has 0 aliphatic rings.